The fraction of sp³-hybridized carbons (Fsp3) is 0.133. The summed E-state index contributed by atoms with van der Waals surface area (Å²) in [7, 11) is 0. The Balaban J connectivity index is 2.01. The van der Waals surface area contributed by atoms with E-state index in [0.29, 0.717) is 0 Å². The van der Waals surface area contributed by atoms with E-state index < -0.39 is 11.6 Å². The lowest BCUT2D eigenvalue weighted by Crippen LogP contribution is -2.15. The molecule has 6 heteroatoms. The van der Waals surface area contributed by atoms with Crippen LogP contribution in [0.25, 0.3) is 0 Å². The summed E-state index contributed by atoms with van der Waals surface area (Å²) in [5.41, 5.74) is 1.02. The van der Waals surface area contributed by atoms with E-state index >= 15 is 0 Å². The predicted octanol–water partition coefficient (Wildman–Crippen LogP) is 4.77. The first-order chi connectivity index (χ1) is 9.97. The number of rotatable bonds is 4. The van der Waals surface area contributed by atoms with Crippen LogP contribution in [0.4, 0.5) is 14.5 Å². The monoisotopic (exact) mass is 371 g/mol. The highest BCUT2D eigenvalue weighted by Crippen LogP contribution is 2.27. The summed E-state index contributed by atoms with van der Waals surface area (Å²) in [5.74, 6) is -1.72. The molecule has 0 radical (unpaired) electrons. The van der Waals surface area contributed by atoms with Gasteiger partial charge in [0, 0.05) is 15.4 Å². The van der Waals surface area contributed by atoms with Crippen molar-refractivity contribution in [1.82, 2.24) is 0 Å². The van der Waals surface area contributed by atoms with Gasteiger partial charge < -0.3 is 5.32 Å². The summed E-state index contributed by atoms with van der Waals surface area (Å²) in [4.78, 5) is 12.9. The van der Waals surface area contributed by atoms with Crippen molar-refractivity contribution in [2.24, 2.45) is 0 Å². The molecule has 0 atom stereocenters. The first-order valence-electron chi connectivity index (χ1n) is 6.10. The lowest BCUT2D eigenvalue weighted by atomic mass is 10.2. The van der Waals surface area contributed by atoms with Gasteiger partial charge in [0.05, 0.1) is 11.4 Å². The van der Waals surface area contributed by atoms with Crippen molar-refractivity contribution in [1.29, 1.82) is 0 Å². The van der Waals surface area contributed by atoms with Crippen LogP contribution in [0.5, 0.6) is 0 Å². The molecule has 1 amide bonds. The number of hydrogen-bond acceptors (Lipinski definition) is 2. The third-order valence-electron chi connectivity index (χ3n) is 2.72. The molecule has 0 spiro atoms. The van der Waals surface area contributed by atoms with Crippen LogP contribution in [0, 0.1) is 18.6 Å². The quantitative estimate of drug-likeness (QED) is 0.784. The SMILES string of the molecule is Cc1ccccc1SCC(=O)Nc1c(F)cc(F)cc1Br. The van der Waals surface area contributed by atoms with E-state index in [4.69, 9.17) is 0 Å². The minimum atomic E-state index is -0.809. The highest BCUT2D eigenvalue weighted by Gasteiger charge is 2.13. The molecule has 0 fully saturated rings. The van der Waals surface area contributed by atoms with Gasteiger partial charge in [0.25, 0.3) is 0 Å². The van der Waals surface area contributed by atoms with E-state index in [2.05, 4.69) is 21.2 Å². The summed E-state index contributed by atoms with van der Waals surface area (Å²) < 4.78 is 26.8. The van der Waals surface area contributed by atoms with E-state index in [-0.39, 0.29) is 21.8 Å². The lowest BCUT2D eigenvalue weighted by Gasteiger charge is -2.09. The number of thioether (sulfide) groups is 1. The largest absolute Gasteiger partial charge is 0.322 e. The molecule has 110 valence electrons. The molecular formula is C15H12BrF2NOS. The van der Waals surface area contributed by atoms with Crippen LogP contribution < -0.4 is 5.32 Å². The van der Waals surface area contributed by atoms with Crippen molar-refractivity contribution in [3.63, 3.8) is 0 Å². The molecule has 2 aromatic carbocycles. The van der Waals surface area contributed by atoms with Gasteiger partial charge in [0.1, 0.15) is 5.82 Å². The van der Waals surface area contributed by atoms with Crippen LogP contribution in [0.15, 0.2) is 45.8 Å². The molecule has 0 aliphatic rings. The van der Waals surface area contributed by atoms with Gasteiger partial charge in [-0.2, -0.15) is 0 Å². The number of anilines is 1. The van der Waals surface area contributed by atoms with Crippen molar-refractivity contribution in [2.45, 2.75) is 11.8 Å². The molecule has 2 rings (SSSR count). The molecule has 0 aliphatic carbocycles. The van der Waals surface area contributed by atoms with Crippen LogP contribution in [0.2, 0.25) is 0 Å². The molecule has 0 heterocycles. The number of amides is 1. The van der Waals surface area contributed by atoms with Crippen molar-refractivity contribution in [2.75, 3.05) is 11.1 Å². The fourth-order valence-electron chi connectivity index (χ4n) is 1.70. The van der Waals surface area contributed by atoms with Gasteiger partial charge in [-0.1, -0.05) is 18.2 Å². The number of aryl methyl sites for hydroxylation is 1. The number of halogens is 3. The zero-order valence-corrected chi connectivity index (χ0v) is 13.5. The maximum atomic E-state index is 13.6. The third kappa shape index (κ3) is 4.28. The minimum absolute atomic E-state index is 0.0493. The van der Waals surface area contributed by atoms with E-state index in [1.54, 1.807) is 0 Å². The Bertz CT molecular complexity index is 655. The molecule has 21 heavy (non-hydrogen) atoms. The van der Waals surface area contributed by atoms with Gasteiger partial charge in [0.2, 0.25) is 5.91 Å². The smallest absolute Gasteiger partial charge is 0.234 e. The van der Waals surface area contributed by atoms with Crippen LogP contribution in [0.1, 0.15) is 5.56 Å². The average molecular weight is 372 g/mol. The van der Waals surface area contributed by atoms with Gasteiger partial charge in [-0.15, -0.1) is 11.8 Å². The molecule has 0 aliphatic heterocycles. The number of nitrogens with one attached hydrogen (secondary N) is 1. The molecule has 0 saturated carbocycles. The van der Waals surface area contributed by atoms with Crippen molar-refractivity contribution >= 4 is 39.3 Å². The molecule has 0 saturated heterocycles. The Morgan fingerprint density at radius 1 is 1.29 bits per heavy atom. The molecule has 2 aromatic rings. The Morgan fingerprint density at radius 3 is 2.67 bits per heavy atom. The van der Waals surface area contributed by atoms with E-state index in [0.717, 1.165) is 22.6 Å². The van der Waals surface area contributed by atoms with Crippen molar-refractivity contribution in [3.8, 4) is 0 Å². The Kier molecular flexibility index (Phi) is 5.36. The lowest BCUT2D eigenvalue weighted by molar-refractivity contribution is -0.113. The second-order valence-electron chi connectivity index (χ2n) is 4.35. The normalized spacial score (nSPS) is 10.5. The van der Waals surface area contributed by atoms with Crippen molar-refractivity contribution < 1.29 is 13.6 Å². The molecular weight excluding hydrogens is 360 g/mol. The summed E-state index contributed by atoms with van der Waals surface area (Å²) in [6.45, 7) is 1.95. The van der Waals surface area contributed by atoms with Gasteiger partial charge in [-0.3, -0.25) is 4.79 Å². The maximum Gasteiger partial charge on any atom is 0.234 e. The molecule has 0 unspecified atom stereocenters. The average Bonchev–Trinajstić information content (AvgIpc) is 2.42. The Morgan fingerprint density at radius 2 is 2.00 bits per heavy atom. The number of hydrogen-bond donors (Lipinski definition) is 1. The number of carbonyl (C=O) groups excluding carboxylic acids is 1. The van der Waals surface area contributed by atoms with Crippen molar-refractivity contribution in [3.05, 3.63) is 58.1 Å². The number of carbonyl (C=O) groups is 1. The molecule has 2 nitrogen and oxygen atoms in total. The fourth-order valence-corrected chi connectivity index (χ4v) is 3.04. The second kappa shape index (κ2) is 7.04. The van der Waals surface area contributed by atoms with Crippen LogP contribution in [-0.2, 0) is 4.79 Å². The molecule has 0 bridgehead atoms. The Hall–Kier alpha value is -1.40. The zero-order valence-electron chi connectivity index (χ0n) is 11.1. The van der Waals surface area contributed by atoms with Gasteiger partial charge in [-0.25, -0.2) is 8.78 Å². The Labute approximate surface area is 134 Å². The topological polar surface area (TPSA) is 29.1 Å². The standard InChI is InChI=1S/C15H12BrF2NOS/c1-9-4-2-3-5-13(9)21-8-14(20)19-15-11(16)6-10(17)7-12(15)18/h2-7H,8H2,1H3,(H,19,20). The summed E-state index contributed by atoms with van der Waals surface area (Å²) in [5, 5.41) is 2.45. The highest BCUT2D eigenvalue weighted by molar-refractivity contribution is 9.10. The maximum absolute atomic E-state index is 13.6. The third-order valence-corrected chi connectivity index (χ3v) is 4.52. The first-order valence-corrected chi connectivity index (χ1v) is 7.88. The summed E-state index contributed by atoms with van der Waals surface area (Å²) in [6, 6.07) is 9.52. The zero-order chi connectivity index (χ0) is 15.4. The van der Waals surface area contributed by atoms with E-state index in [1.807, 2.05) is 31.2 Å². The predicted molar refractivity (Wildman–Crippen MR) is 84.6 cm³/mol. The number of benzene rings is 2. The molecule has 0 aromatic heterocycles. The van der Waals surface area contributed by atoms with Gasteiger partial charge in [0.15, 0.2) is 5.82 Å². The minimum Gasteiger partial charge on any atom is -0.322 e. The van der Waals surface area contributed by atoms with Gasteiger partial charge in [-0.05, 0) is 40.5 Å². The van der Waals surface area contributed by atoms with Crippen LogP contribution in [-0.4, -0.2) is 11.7 Å². The second-order valence-corrected chi connectivity index (χ2v) is 6.22. The van der Waals surface area contributed by atoms with Gasteiger partial charge >= 0.3 is 0 Å². The van der Waals surface area contributed by atoms with E-state index in [9.17, 15) is 13.6 Å². The summed E-state index contributed by atoms with van der Waals surface area (Å²) >= 11 is 4.40. The summed E-state index contributed by atoms with van der Waals surface area (Å²) in [6.07, 6.45) is 0. The highest BCUT2D eigenvalue weighted by atomic mass is 79.9. The first kappa shape index (κ1) is 16.0. The van der Waals surface area contributed by atoms with Crippen LogP contribution >= 0.6 is 27.7 Å². The van der Waals surface area contributed by atoms with E-state index in [1.165, 1.54) is 11.8 Å². The molecule has 1 N–H and O–H groups in total. The van der Waals surface area contributed by atoms with Crippen LogP contribution in [0.3, 0.4) is 0 Å².